The molecule has 70 valence electrons. The van der Waals surface area contributed by atoms with Crippen molar-refractivity contribution in [3.8, 4) is 0 Å². The summed E-state index contributed by atoms with van der Waals surface area (Å²) in [5.74, 6) is -1.13. The molecule has 0 unspecified atom stereocenters. The number of rotatable bonds is 3. The van der Waals surface area contributed by atoms with Crippen LogP contribution in [0.15, 0.2) is 24.3 Å². The Labute approximate surface area is 149 Å². The first-order valence-corrected chi connectivity index (χ1v) is 3.74. The Morgan fingerprint density at radius 2 is 1.86 bits per heavy atom. The van der Waals surface area contributed by atoms with Crippen molar-refractivity contribution in [2.45, 2.75) is 20.3 Å². The Morgan fingerprint density at radius 1 is 1.29 bits per heavy atom. The van der Waals surface area contributed by atoms with Crippen LogP contribution in [0.3, 0.4) is 0 Å². The Kier molecular flexibility index (Phi) is 21.0. The summed E-state index contributed by atoms with van der Waals surface area (Å²) >= 11 is 0. The summed E-state index contributed by atoms with van der Waals surface area (Å²) in [5, 5.41) is 0. The molecular formula is C9H14KNaO3. The minimum atomic E-state index is -0.625. The molecule has 5 heteroatoms. The van der Waals surface area contributed by atoms with E-state index in [-0.39, 0.29) is 87.4 Å². The normalized spacial score (nSPS) is 9.29. The molecule has 3 nitrogen and oxygen atoms in total. The van der Waals surface area contributed by atoms with Gasteiger partial charge in [-0.2, -0.15) is 0 Å². The van der Waals surface area contributed by atoms with Crippen molar-refractivity contribution in [1.82, 2.24) is 0 Å². The van der Waals surface area contributed by atoms with Crippen LogP contribution < -0.4 is 0 Å². The number of hydrogen-bond donors (Lipinski definition) is 0. The second-order valence-corrected chi connectivity index (χ2v) is 2.03. The van der Waals surface area contributed by atoms with E-state index in [0.29, 0.717) is 0 Å². The summed E-state index contributed by atoms with van der Waals surface area (Å²) in [6.07, 6.45) is 6.38. The third-order valence-electron chi connectivity index (χ3n) is 1.04. The third-order valence-corrected chi connectivity index (χ3v) is 1.04. The SMILES string of the molecule is C/C=C/C=C/C(=O)OC(=O)CC.[KH].[NaH]. The molecule has 0 radical (unpaired) electrons. The summed E-state index contributed by atoms with van der Waals surface area (Å²) in [7, 11) is 0. The molecule has 0 N–H and O–H groups in total. The average molecular weight is 232 g/mol. The Morgan fingerprint density at radius 3 is 2.29 bits per heavy atom. The van der Waals surface area contributed by atoms with Crippen molar-refractivity contribution in [3.05, 3.63) is 24.3 Å². The molecular weight excluding hydrogens is 218 g/mol. The molecule has 0 rings (SSSR count). The first kappa shape index (κ1) is 20.6. The number of esters is 2. The topological polar surface area (TPSA) is 43.4 Å². The van der Waals surface area contributed by atoms with Gasteiger partial charge in [0.05, 0.1) is 0 Å². The van der Waals surface area contributed by atoms with Gasteiger partial charge in [0.2, 0.25) is 0 Å². The molecule has 0 amide bonds. The van der Waals surface area contributed by atoms with Crippen molar-refractivity contribution in [2.24, 2.45) is 0 Å². The van der Waals surface area contributed by atoms with Crippen molar-refractivity contribution in [2.75, 3.05) is 0 Å². The van der Waals surface area contributed by atoms with Gasteiger partial charge >= 0.3 is 92.9 Å². The van der Waals surface area contributed by atoms with Gasteiger partial charge in [-0.1, -0.05) is 25.2 Å². The number of carbonyl (C=O) groups is 2. The fourth-order valence-corrected chi connectivity index (χ4v) is 0.464. The van der Waals surface area contributed by atoms with E-state index in [4.69, 9.17) is 0 Å². The molecule has 0 aromatic heterocycles. The predicted molar refractivity (Wildman–Crippen MR) is 59.6 cm³/mol. The Balaban J connectivity index is -0.000000605. The molecule has 0 saturated heterocycles. The van der Waals surface area contributed by atoms with E-state index in [1.807, 2.05) is 6.92 Å². The molecule has 0 bridgehead atoms. The van der Waals surface area contributed by atoms with Gasteiger partial charge in [-0.25, -0.2) is 4.79 Å². The monoisotopic (exact) mass is 232 g/mol. The first-order chi connectivity index (χ1) is 5.70. The zero-order valence-electron chi connectivity index (χ0n) is 7.24. The second kappa shape index (κ2) is 14.3. The maximum absolute atomic E-state index is 10.7. The molecule has 0 aliphatic carbocycles. The van der Waals surface area contributed by atoms with Crippen molar-refractivity contribution in [1.29, 1.82) is 0 Å². The van der Waals surface area contributed by atoms with Gasteiger partial charge in [0, 0.05) is 12.5 Å². The van der Waals surface area contributed by atoms with Crippen molar-refractivity contribution >= 4 is 92.9 Å². The molecule has 0 heterocycles. The summed E-state index contributed by atoms with van der Waals surface area (Å²) in [6, 6.07) is 0. The first-order valence-electron chi connectivity index (χ1n) is 3.74. The molecule has 0 atom stereocenters. The summed E-state index contributed by atoms with van der Waals surface area (Å²) in [6.45, 7) is 3.46. The van der Waals surface area contributed by atoms with E-state index in [1.54, 1.807) is 19.1 Å². The Bertz CT molecular complexity index is 224. The average Bonchev–Trinajstić information content (AvgIpc) is 2.05. The van der Waals surface area contributed by atoms with E-state index >= 15 is 0 Å². The standard InChI is InChI=1S/C9H12O3.K.Na.2H/c1-3-5-6-7-9(11)12-8(10)4-2;;;;/h3,5-7H,4H2,1-2H3;;;;/b5-3+,7-6+;;;;. The van der Waals surface area contributed by atoms with Crippen LogP contribution in [0.4, 0.5) is 0 Å². The van der Waals surface area contributed by atoms with Crippen LogP contribution >= 0.6 is 0 Å². The zero-order chi connectivity index (χ0) is 9.40. The molecule has 0 aromatic rings. The van der Waals surface area contributed by atoms with Crippen LogP contribution in [-0.2, 0) is 14.3 Å². The molecule has 0 saturated carbocycles. The van der Waals surface area contributed by atoms with Crippen LogP contribution in [0.1, 0.15) is 20.3 Å². The van der Waals surface area contributed by atoms with Gasteiger partial charge in [-0.15, -0.1) is 0 Å². The molecule has 0 aliphatic heterocycles. The van der Waals surface area contributed by atoms with Crippen LogP contribution in [0, 0.1) is 0 Å². The van der Waals surface area contributed by atoms with Gasteiger partial charge < -0.3 is 4.74 Å². The summed E-state index contributed by atoms with van der Waals surface area (Å²) in [4.78, 5) is 21.3. The number of hydrogen-bond acceptors (Lipinski definition) is 3. The zero-order valence-corrected chi connectivity index (χ0v) is 7.24. The number of carbonyl (C=O) groups excluding carboxylic acids is 2. The molecule has 0 aromatic carbocycles. The predicted octanol–water partition coefficient (Wildman–Crippen LogP) is 0.301. The van der Waals surface area contributed by atoms with E-state index in [9.17, 15) is 9.59 Å². The fourth-order valence-electron chi connectivity index (χ4n) is 0.464. The van der Waals surface area contributed by atoms with Crippen LogP contribution in [0.25, 0.3) is 0 Å². The van der Waals surface area contributed by atoms with Crippen LogP contribution in [0.5, 0.6) is 0 Å². The van der Waals surface area contributed by atoms with Gasteiger partial charge in [-0.05, 0) is 6.92 Å². The quantitative estimate of drug-likeness (QED) is 0.231. The van der Waals surface area contributed by atoms with Gasteiger partial charge in [0.15, 0.2) is 0 Å². The summed E-state index contributed by atoms with van der Waals surface area (Å²) in [5.41, 5.74) is 0. The number of ether oxygens (including phenoxy) is 1. The van der Waals surface area contributed by atoms with E-state index in [0.717, 1.165) is 0 Å². The fraction of sp³-hybridized carbons (Fsp3) is 0.333. The van der Waals surface area contributed by atoms with Crippen molar-refractivity contribution in [3.63, 3.8) is 0 Å². The number of allylic oxidation sites excluding steroid dienone is 3. The maximum atomic E-state index is 10.7. The summed E-state index contributed by atoms with van der Waals surface area (Å²) < 4.78 is 4.35. The van der Waals surface area contributed by atoms with Gasteiger partial charge in [0.1, 0.15) is 0 Å². The van der Waals surface area contributed by atoms with E-state index in [2.05, 4.69) is 4.74 Å². The van der Waals surface area contributed by atoms with Gasteiger partial charge in [-0.3, -0.25) is 4.79 Å². The van der Waals surface area contributed by atoms with Crippen LogP contribution in [-0.4, -0.2) is 92.9 Å². The molecule has 0 spiro atoms. The van der Waals surface area contributed by atoms with Gasteiger partial charge in [0.25, 0.3) is 0 Å². The Hall–Kier alpha value is 1.26. The van der Waals surface area contributed by atoms with E-state index in [1.165, 1.54) is 12.2 Å². The second-order valence-electron chi connectivity index (χ2n) is 2.03. The van der Waals surface area contributed by atoms with Crippen LogP contribution in [0.2, 0.25) is 0 Å². The third kappa shape index (κ3) is 13.3. The van der Waals surface area contributed by atoms with E-state index < -0.39 is 11.9 Å². The molecule has 14 heavy (non-hydrogen) atoms. The van der Waals surface area contributed by atoms with Crippen molar-refractivity contribution < 1.29 is 14.3 Å². The minimum absolute atomic E-state index is 0. The molecule has 0 fully saturated rings. The molecule has 0 aliphatic rings.